The van der Waals surface area contributed by atoms with Gasteiger partial charge in [0.2, 0.25) is 0 Å². The number of rotatable bonds is 7. The molecule has 0 aliphatic rings. The number of pyridine rings is 2. The molecule has 5 rings (SSSR count). The van der Waals surface area contributed by atoms with Crippen LogP contribution in [0.25, 0.3) is 10.8 Å². The minimum absolute atomic E-state index is 0.0284. The normalized spacial score (nSPS) is 11.2. The summed E-state index contributed by atoms with van der Waals surface area (Å²) in [6.45, 7) is 1.97. The summed E-state index contributed by atoms with van der Waals surface area (Å²) in [5.74, 6) is -1.12. The quantitative estimate of drug-likeness (QED) is 0.201. The van der Waals surface area contributed by atoms with Crippen molar-refractivity contribution in [2.75, 3.05) is 4.31 Å². The molecule has 2 heterocycles. The summed E-state index contributed by atoms with van der Waals surface area (Å²) in [6.07, 6.45) is 6.56. The van der Waals surface area contributed by atoms with Gasteiger partial charge in [-0.15, -0.1) is 0 Å². The van der Waals surface area contributed by atoms with E-state index in [1.165, 1.54) is 73.3 Å². The molecule has 9 heteroatoms. The standard InChI is InChI=1S/C30H23N3O5S/c1-2-21-7-9-24(10-8-21)39(36,37)33(29(34)22-13-17-31-18-14-22)27-11-12-28(26-6-4-3-5-25(26)27)38-30(35)23-15-19-32-20-16-23/h3-20H,2H2,1H3. The number of hydrogen-bond acceptors (Lipinski definition) is 7. The van der Waals surface area contributed by atoms with Gasteiger partial charge in [-0.2, -0.15) is 4.31 Å². The van der Waals surface area contributed by atoms with Crippen molar-refractivity contribution in [1.82, 2.24) is 9.97 Å². The second-order valence-corrected chi connectivity index (χ2v) is 10.3. The molecule has 0 saturated heterocycles. The number of esters is 1. The zero-order valence-electron chi connectivity index (χ0n) is 20.9. The summed E-state index contributed by atoms with van der Waals surface area (Å²) in [5, 5.41) is 0.871. The molecule has 0 aliphatic carbocycles. The highest BCUT2D eigenvalue weighted by molar-refractivity contribution is 7.93. The second kappa shape index (κ2) is 10.8. The van der Waals surface area contributed by atoms with E-state index in [0.29, 0.717) is 16.3 Å². The van der Waals surface area contributed by atoms with Gasteiger partial charge in [0.1, 0.15) is 5.75 Å². The van der Waals surface area contributed by atoms with E-state index in [2.05, 4.69) is 9.97 Å². The monoisotopic (exact) mass is 537 g/mol. The molecule has 1 amide bonds. The Bertz CT molecular complexity index is 1760. The molecule has 5 aromatic rings. The third kappa shape index (κ3) is 5.12. The molecule has 0 N–H and O–H groups in total. The fourth-order valence-corrected chi connectivity index (χ4v) is 5.56. The predicted molar refractivity (Wildman–Crippen MR) is 147 cm³/mol. The van der Waals surface area contributed by atoms with Gasteiger partial charge >= 0.3 is 5.97 Å². The number of fused-ring (bicyclic) bond motifs is 1. The zero-order chi connectivity index (χ0) is 27.4. The molecular formula is C30H23N3O5S. The first kappa shape index (κ1) is 25.7. The molecule has 0 bridgehead atoms. The van der Waals surface area contributed by atoms with Crippen molar-refractivity contribution in [2.24, 2.45) is 0 Å². The minimum Gasteiger partial charge on any atom is -0.422 e. The lowest BCUT2D eigenvalue weighted by Gasteiger charge is -2.25. The molecule has 194 valence electrons. The first-order valence-electron chi connectivity index (χ1n) is 12.1. The van der Waals surface area contributed by atoms with E-state index < -0.39 is 21.9 Å². The fraction of sp³-hybridized carbons (Fsp3) is 0.0667. The van der Waals surface area contributed by atoms with Crippen LogP contribution in [-0.4, -0.2) is 30.3 Å². The van der Waals surface area contributed by atoms with Crippen LogP contribution in [0, 0.1) is 0 Å². The number of sulfonamides is 1. The van der Waals surface area contributed by atoms with Crippen LogP contribution in [0.3, 0.4) is 0 Å². The van der Waals surface area contributed by atoms with Gasteiger partial charge in [0.15, 0.2) is 0 Å². The number of ether oxygens (including phenoxy) is 1. The molecule has 0 radical (unpaired) electrons. The van der Waals surface area contributed by atoms with E-state index in [1.807, 2.05) is 6.92 Å². The van der Waals surface area contributed by atoms with Crippen LogP contribution in [0.15, 0.2) is 115 Å². The summed E-state index contributed by atoms with van der Waals surface area (Å²) >= 11 is 0. The molecule has 0 atom stereocenters. The van der Waals surface area contributed by atoms with Crippen LogP contribution in [0.2, 0.25) is 0 Å². The van der Waals surface area contributed by atoms with Gasteiger partial charge in [-0.05, 0) is 60.5 Å². The maximum absolute atomic E-state index is 14.0. The highest BCUT2D eigenvalue weighted by Crippen LogP contribution is 2.37. The largest absolute Gasteiger partial charge is 0.422 e. The van der Waals surface area contributed by atoms with Crippen molar-refractivity contribution < 1.29 is 22.7 Å². The lowest BCUT2D eigenvalue weighted by molar-refractivity contribution is 0.0736. The molecule has 0 spiro atoms. The lowest BCUT2D eigenvalue weighted by Crippen LogP contribution is -2.37. The Morgan fingerprint density at radius 3 is 1.95 bits per heavy atom. The van der Waals surface area contributed by atoms with Crippen LogP contribution in [0.4, 0.5) is 5.69 Å². The van der Waals surface area contributed by atoms with Crippen LogP contribution in [0.1, 0.15) is 33.2 Å². The molecule has 2 aromatic heterocycles. The number of benzene rings is 3. The van der Waals surface area contributed by atoms with Crippen LogP contribution in [-0.2, 0) is 16.4 Å². The number of aromatic nitrogens is 2. The van der Waals surface area contributed by atoms with Crippen molar-refractivity contribution in [3.63, 3.8) is 0 Å². The number of anilines is 1. The van der Waals surface area contributed by atoms with Crippen molar-refractivity contribution in [1.29, 1.82) is 0 Å². The number of aryl methyl sites for hydroxylation is 1. The van der Waals surface area contributed by atoms with Gasteiger partial charge in [-0.1, -0.05) is 43.3 Å². The molecule has 8 nitrogen and oxygen atoms in total. The molecular weight excluding hydrogens is 514 g/mol. The fourth-order valence-electron chi connectivity index (χ4n) is 4.13. The number of nitrogens with zero attached hydrogens (tertiary/aromatic N) is 3. The van der Waals surface area contributed by atoms with Crippen LogP contribution in [0.5, 0.6) is 5.75 Å². The number of carbonyl (C=O) groups is 2. The molecule has 0 unspecified atom stereocenters. The summed E-state index contributed by atoms with van der Waals surface area (Å²) in [7, 11) is -4.35. The Morgan fingerprint density at radius 2 is 1.33 bits per heavy atom. The van der Waals surface area contributed by atoms with Crippen molar-refractivity contribution in [3.05, 3.63) is 126 Å². The van der Waals surface area contributed by atoms with Crippen molar-refractivity contribution in [3.8, 4) is 5.75 Å². The van der Waals surface area contributed by atoms with Crippen molar-refractivity contribution in [2.45, 2.75) is 18.2 Å². The maximum Gasteiger partial charge on any atom is 0.343 e. The van der Waals surface area contributed by atoms with E-state index in [1.54, 1.807) is 36.4 Å². The maximum atomic E-state index is 14.0. The summed E-state index contributed by atoms with van der Waals surface area (Å²) in [5.41, 5.74) is 1.55. The Balaban J connectivity index is 1.66. The second-order valence-electron chi connectivity index (χ2n) is 8.56. The SMILES string of the molecule is CCc1ccc(S(=O)(=O)N(C(=O)c2ccncc2)c2ccc(OC(=O)c3ccncc3)c3ccccc23)cc1. The third-order valence-corrected chi connectivity index (χ3v) is 7.89. The lowest BCUT2D eigenvalue weighted by atomic mass is 10.1. The van der Waals surface area contributed by atoms with Crippen molar-refractivity contribution >= 4 is 38.4 Å². The number of carbonyl (C=O) groups excluding carboxylic acids is 2. The number of hydrogen-bond donors (Lipinski definition) is 0. The Hall–Kier alpha value is -4.89. The van der Waals surface area contributed by atoms with Gasteiger partial charge in [0.25, 0.3) is 15.9 Å². The highest BCUT2D eigenvalue weighted by atomic mass is 32.2. The summed E-state index contributed by atoms with van der Waals surface area (Å²) in [6, 6.07) is 22.2. The van der Waals surface area contributed by atoms with Gasteiger partial charge in [-0.3, -0.25) is 14.8 Å². The Labute approximate surface area is 225 Å². The molecule has 0 fully saturated rings. The number of amides is 1. The van der Waals surface area contributed by atoms with E-state index in [0.717, 1.165) is 16.3 Å². The zero-order valence-corrected chi connectivity index (χ0v) is 21.7. The minimum atomic E-state index is -4.35. The first-order valence-corrected chi connectivity index (χ1v) is 13.6. The molecule has 0 aliphatic heterocycles. The predicted octanol–water partition coefficient (Wildman–Crippen LogP) is 5.45. The van der Waals surface area contributed by atoms with E-state index >= 15 is 0 Å². The Kier molecular flexibility index (Phi) is 7.16. The van der Waals surface area contributed by atoms with Crippen LogP contribution >= 0.6 is 0 Å². The first-order chi connectivity index (χ1) is 18.9. The van der Waals surface area contributed by atoms with Gasteiger partial charge in [0, 0.05) is 41.1 Å². The average molecular weight is 538 g/mol. The summed E-state index contributed by atoms with van der Waals surface area (Å²) < 4.78 is 34.5. The van der Waals surface area contributed by atoms with Crippen LogP contribution < -0.4 is 9.04 Å². The smallest absolute Gasteiger partial charge is 0.343 e. The molecule has 39 heavy (non-hydrogen) atoms. The topological polar surface area (TPSA) is 107 Å². The third-order valence-electron chi connectivity index (χ3n) is 6.18. The molecule has 3 aromatic carbocycles. The Morgan fingerprint density at radius 1 is 0.744 bits per heavy atom. The van der Waals surface area contributed by atoms with E-state index in [9.17, 15) is 18.0 Å². The average Bonchev–Trinajstić information content (AvgIpc) is 2.99. The van der Waals surface area contributed by atoms with E-state index in [-0.39, 0.29) is 21.9 Å². The van der Waals surface area contributed by atoms with E-state index in [4.69, 9.17) is 4.74 Å². The van der Waals surface area contributed by atoms with Gasteiger partial charge < -0.3 is 4.74 Å². The highest BCUT2D eigenvalue weighted by Gasteiger charge is 2.33. The van der Waals surface area contributed by atoms with Gasteiger partial charge in [-0.25, -0.2) is 13.2 Å². The van der Waals surface area contributed by atoms with Gasteiger partial charge in [0.05, 0.1) is 16.1 Å². The summed E-state index contributed by atoms with van der Waals surface area (Å²) in [4.78, 5) is 34.4. The molecule has 0 saturated carbocycles.